The minimum absolute atomic E-state index is 0.0135. The number of carboxylic acids is 1. The lowest BCUT2D eigenvalue weighted by molar-refractivity contribution is 0.0693. The van der Waals surface area contributed by atoms with Crippen LogP contribution in [0.15, 0.2) is 18.2 Å². The monoisotopic (exact) mass is 296 g/mol. The van der Waals surface area contributed by atoms with Gasteiger partial charge in [-0.25, -0.2) is 9.59 Å². The highest BCUT2D eigenvalue weighted by Crippen LogP contribution is 2.24. The van der Waals surface area contributed by atoms with Crippen LogP contribution in [0.4, 0.5) is 10.5 Å². The molecule has 1 aromatic carbocycles. The minimum atomic E-state index is -1.11. The second kappa shape index (κ2) is 6.45. The summed E-state index contributed by atoms with van der Waals surface area (Å²) in [5.74, 6) is -0.951. The molecule has 0 atom stereocenters. The number of hydrogen-bond donors (Lipinski definition) is 3. The van der Waals surface area contributed by atoms with Crippen LogP contribution in [-0.4, -0.2) is 53.4 Å². The molecule has 0 aliphatic heterocycles. The average molecular weight is 296 g/mol. The van der Waals surface area contributed by atoms with Crippen LogP contribution in [0, 0.1) is 0 Å². The second-order valence-corrected chi connectivity index (χ2v) is 5.18. The summed E-state index contributed by atoms with van der Waals surface area (Å²) in [7, 11) is 2.92. The number of methoxy groups -OCH3 is 1. The van der Waals surface area contributed by atoms with Crippen molar-refractivity contribution >= 4 is 17.7 Å². The highest BCUT2D eigenvalue weighted by atomic mass is 16.5. The molecule has 0 radical (unpaired) electrons. The van der Waals surface area contributed by atoms with Crippen molar-refractivity contribution in [2.45, 2.75) is 19.4 Å². The first-order valence-electron chi connectivity index (χ1n) is 6.30. The standard InChI is InChI=1S/C14H20N2O5/c1-14(2,8-17)16(3)13(20)15-9-5-6-10(12(18)19)11(7-9)21-4/h5-7,17H,8H2,1-4H3,(H,15,20)(H,18,19). The van der Waals surface area contributed by atoms with Gasteiger partial charge in [0.25, 0.3) is 0 Å². The quantitative estimate of drug-likeness (QED) is 0.767. The number of likely N-dealkylation sites (N-methyl/N-ethyl adjacent to an activating group) is 1. The average Bonchev–Trinajstić information content (AvgIpc) is 2.45. The maximum absolute atomic E-state index is 12.1. The number of aliphatic hydroxyl groups is 1. The van der Waals surface area contributed by atoms with Crippen LogP contribution >= 0.6 is 0 Å². The molecule has 0 unspecified atom stereocenters. The fraction of sp³-hybridized carbons (Fsp3) is 0.429. The lowest BCUT2D eigenvalue weighted by atomic mass is 10.1. The number of carbonyl (C=O) groups is 2. The van der Waals surface area contributed by atoms with Crippen LogP contribution in [0.2, 0.25) is 0 Å². The van der Waals surface area contributed by atoms with Gasteiger partial charge in [0.1, 0.15) is 11.3 Å². The van der Waals surface area contributed by atoms with Gasteiger partial charge in [-0.3, -0.25) is 0 Å². The van der Waals surface area contributed by atoms with Crippen molar-refractivity contribution in [1.82, 2.24) is 4.90 Å². The predicted octanol–water partition coefficient (Wildman–Crippen LogP) is 1.63. The van der Waals surface area contributed by atoms with E-state index in [1.54, 1.807) is 20.9 Å². The highest BCUT2D eigenvalue weighted by molar-refractivity contribution is 5.94. The second-order valence-electron chi connectivity index (χ2n) is 5.18. The van der Waals surface area contributed by atoms with Crippen molar-refractivity contribution < 1.29 is 24.5 Å². The molecule has 0 aliphatic carbocycles. The Morgan fingerprint density at radius 2 is 2.00 bits per heavy atom. The van der Waals surface area contributed by atoms with Crippen LogP contribution in [0.3, 0.4) is 0 Å². The van der Waals surface area contributed by atoms with Gasteiger partial charge in [0, 0.05) is 18.8 Å². The largest absolute Gasteiger partial charge is 0.496 e. The minimum Gasteiger partial charge on any atom is -0.496 e. The number of aliphatic hydroxyl groups excluding tert-OH is 1. The van der Waals surface area contributed by atoms with Gasteiger partial charge in [0.05, 0.1) is 19.3 Å². The number of benzene rings is 1. The molecule has 0 aliphatic rings. The topological polar surface area (TPSA) is 99.1 Å². The number of urea groups is 1. The van der Waals surface area contributed by atoms with Crippen LogP contribution in [0.25, 0.3) is 0 Å². The molecule has 3 N–H and O–H groups in total. The van der Waals surface area contributed by atoms with E-state index in [9.17, 15) is 14.7 Å². The maximum atomic E-state index is 12.1. The van der Waals surface area contributed by atoms with E-state index >= 15 is 0 Å². The molecular formula is C14H20N2O5. The van der Waals surface area contributed by atoms with E-state index in [1.165, 1.54) is 30.2 Å². The first-order chi connectivity index (χ1) is 9.72. The summed E-state index contributed by atoms with van der Waals surface area (Å²) in [5, 5.41) is 20.9. The normalized spacial score (nSPS) is 10.9. The zero-order valence-electron chi connectivity index (χ0n) is 12.5. The molecule has 7 nitrogen and oxygen atoms in total. The molecule has 2 amide bonds. The molecule has 0 saturated carbocycles. The summed E-state index contributed by atoms with van der Waals surface area (Å²) in [6.07, 6.45) is 0. The number of ether oxygens (including phenoxy) is 1. The maximum Gasteiger partial charge on any atom is 0.339 e. The van der Waals surface area contributed by atoms with Gasteiger partial charge in [-0.1, -0.05) is 0 Å². The Bertz CT molecular complexity index is 542. The fourth-order valence-corrected chi connectivity index (χ4v) is 1.53. The number of nitrogens with one attached hydrogen (secondary N) is 1. The Hall–Kier alpha value is -2.28. The lowest BCUT2D eigenvalue weighted by Crippen LogP contribution is -2.49. The van der Waals surface area contributed by atoms with Gasteiger partial charge in [0.15, 0.2) is 0 Å². The van der Waals surface area contributed by atoms with Gasteiger partial charge in [-0.15, -0.1) is 0 Å². The third kappa shape index (κ3) is 3.85. The zero-order valence-corrected chi connectivity index (χ0v) is 12.5. The summed E-state index contributed by atoms with van der Waals surface area (Å²) >= 11 is 0. The van der Waals surface area contributed by atoms with Gasteiger partial charge < -0.3 is 25.2 Å². The SMILES string of the molecule is COc1cc(NC(=O)N(C)C(C)(C)CO)ccc1C(=O)O. The van der Waals surface area contributed by atoms with Crippen LogP contribution in [-0.2, 0) is 0 Å². The third-order valence-corrected chi connectivity index (χ3v) is 3.28. The number of anilines is 1. The Morgan fingerprint density at radius 3 is 2.48 bits per heavy atom. The Kier molecular flexibility index (Phi) is 5.15. The van der Waals surface area contributed by atoms with Gasteiger partial charge in [0.2, 0.25) is 0 Å². The van der Waals surface area contributed by atoms with Gasteiger partial charge in [-0.2, -0.15) is 0 Å². The molecule has 0 spiro atoms. The smallest absolute Gasteiger partial charge is 0.339 e. The Morgan fingerprint density at radius 1 is 1.38 bits per heavy atom. The van der Waals surface area contributed by atoms with Crippen LogP contribution < -0.4 is 10.1 Å². The zero-order chi connectivity index (χ0) is 16.2. The van der Waals surface area contributed by atoms with Crippen molar-refractivity contribution in [2.24, 2.45) is 0 Å². The molecule has 0 aromatic heterocycles. The molecule has 0 heterocycles. The Balaban J connectivity index is 2.94. The van der Waals surface area contributed by atoms with E-state index < -0.39 is 17.5 Å². The van der Waals surface area contributed by atoms with E-state index in [1.807, 2.05) is 0 Å². The lowest BCUT2D eigenvalue weighted by Gasteiger charge is -2.33. The molecule has 1 aromatic rings. The third-order valence-electron chi connectivity index (χ3n) is 3.28. The van der Waals surface area contributed by atoms with Gasteiger partial charge >= 0.3 is 12.0 Å². The Labute approximate surface area is 123 Å². The van der Waals surface area contributed by atoms with Crippen LogP contribution in [0.5, 0.6) is 5.75 Å². The number of rotatable bonds is 5. The molecule has 0 fully saturated rings. The van der Waals surface area contributed by atoms with Crippen LogP contribution in [0.1, 0.15) is 24.2 Å². The van der Waals surface area contributed by atoms with E-state index in [4.69, 9.17) is 9.84 Å². The van der Waals surface area contributed by atoms with Crippen molar-refractivity contribution in [2.75, 3.05) is 26.1 Å². The van der Waals surface area contributed by atoms with Crippen molar-refractivity contribution in [3.05, 3.63) is 23.8 Å². The summed E-state index contributed by atoms with van der Waals surface area (Å²) < 4.78 is 4.99. The molecule has 21 heavy (non-hydrogen) atoms. The molecule has 0 saturated heterocycles. The van der Waals surface area contributed by atoms with E-state index in [-0.39, 0.29) is 17.9 Å². The summed E-state index contributed by atoms with van der Waals surface area (Å²) in [6.45, 7) is 3.26. The number of carbonyl (C=O) groups excluding carboxylic acids is 1. The number of nitrogens with zero attached hydrogens (tertiary/aromatic N) is 1. The van der Waals surface area contributed by atoms with E-state index in [2.05, 4.69) is 5.32 Å². The van der Waals surface area contributed by atoms with Gasteiger partial charge in [-0.05, 0) is 26.0 Å². The number of carboxylic acid groups (broad SMARTS) is 1. The molecule has 116 valence electrons. The molecular weight excluding hydrogens is 276 g/mol. The first-order valence-corrected chi connectivity index (χ1v) is 6.30. The summed E-state index contributed by atoms with van der Waals surface area (Å²) in [6, 6.07) is 3.85. The molecule has 7 heteroatoms. The first kappa shape index (κ1) is 16.8. The fourth-order valence-electron chi connectivity index (χ4n) is 1.53. The summed E-state index contributed by atoms with van der Waals surface area (Å²) in [4.78, 5) is 24.4. The van der Waals surface area contributed by atoms with E-state index in [0.29, 0.717) is 5.69 Å². The molecule has 0 bridgehead atoms. The number of aromatic carboxylic acids is 1. The highest BCUT2D eigenvalue weighted by Gasteiger charge is 2.27. The predicted molar refractivity (Wildman–Crippen MR) is 77.9 cm³/mol. The number of hydrogen-bond acceptors (Lipinski definition) is 4. The van der Waals surface area contributed by atoms with Crippen molar-refractivity contribution in [3.63, 3.8) is 0 Å². The van der Waals surface area contributed by atoms with E-state index in [0.717, 1.165) is 0 Å². The van der Waals surface area contributed by atoms with Crippen molar-refractivity contribution in [3.8, 4) is 5.75 Å². The summed E-state index contributed by atoms with van der Waals surface area (Å²) in [5.41, 5.74) is -0.295. The number of amides is 2. The van der Waals surface area contributed by atoms with Crippen molar-refractivity contribution in [1.29, 1.82) is 0 Å². The molecule has 1 rings (SSSR count).